The van der Waals surface area contributed by atoms with E-state index in [4.69, 9.17) is 14.0 Å². The Bertz CT molecular complexity index is 1100. The van der Waals surface area contributed by atoms with Crippen LogP contribution in [0.5, 0.6) is 0 Å². The number of rotatable bonds is 7. The van der Waals surface area contributed by atoms with Crippen molar-refractivity contribution in [1.82, 2.24) is 20.2 Å². The van der Waals surface area contributed by atoms with Crippen LogP contribution in [0.25, 0.3) is 0 Å². The molecule has 3 rings (SSSR count). The number of amides is 2. The van der Waals surface area contributed by atoms with Gasteiger partial charge < -0.3 is 24.3 Å². The van der Waals surface area contributed by atoms with Crippen LogP contribution in [0.3, 0.4) is 0 Å². The molecule has 2 aliphatic rings. The van der Waals surface area contributed by atoms with Crippen LogP contribution in [0.2, 0.25) is 0 Å². The fourth-order valence-corrected chi connectivity index (χ4v) is 5.52. The normalized spacial score (nSPS) is 20.7. The molecule has 1 aromatic rings. The van der Waals surface area contributed by atoms with Crippen LogP contribution < -0.4 is 10.8 Å². The maximum absolute atomic E-state index is 12.9. The lowest BCUT2D eigenvalue weighted by molar-refractivity contribution is -0.134. The average Bonchev–Trinajstić information content (AvgIpc) is 3.03. The molecular formula is C25H41BN4O7S. The fourth-order valence-electron chi connectivity index (χ4n) is 4.26. The number of piperidine rings is 1. The minimum absolute atomic E-state index is 0.0714. The molecule has 0 bridgehead atoms. The summed E-state index contributed by atoms with van der Waals surface area (Å²) in [6.07, 6.45) is 4.07. The molecule has 1 aromatic heterocycles. The van der Waals surface area contributed by atoms with Crippen molar-refractivity contribution in [1.29, 1.82) is 0 Å². The molecule has 1 atom stereocenters. The Kier molecular flexibility index (Phi) is 8.84. The molecule has 0 aliphatic carbocycles. The standard InChI is InChI=1S/C25H41BN4O7S/c1-17(29-22(32)35-23(2,3)4)20(31)30-12-9-18(10-13-30)11-14-38(33,34)21-27-15-19(16-28-21)26-36-24(5,6)25(7,8)37-26/h15-18H,9-14H2,1-8H3,(H,29,32)/t17-/m0/s1. The van der Waals surface area contributed by atoms with Crippen LogP contribution in [-0.2, 0) is 28.7 Å². The second kappa shape index (κ2) is 11.1. The summed E-state index contributed by atoms with van der Waals surface area (Å²) in [4.78, 5) is 34.6. The van der Waals surface area contributed by atoms with Crippen LogP contribution in [0.4, 0.5) is 4.79 Å². The van der Waals surface area contributed by atoms with E-state index in [1.54, 1.807) is 32.6 Å². The van der Waals surface area contributed by atoms with E-state index in [1.807, 2.05) is 27.7 Å². The van der Waals surface area contributed by atoms with E-state index in [0.29, 0.717) is 37.8 Å². The number of alkyl carbamates (subject to hydrolysis) is 1. The maximum atomic E-state index is 12.9. The van der Waals surface area contributed by atoms with Crippen LogP contribution in [0.1, 0.15) is 74.7 Å². The van der Waals surface area contributed by atoms with E-state index in [-0.39, 0.29) is 22.7 Å². The minimum atomic E-state index is -3.66. The smallest absolute Gasteiger partial charge is 0.444 e. The van der Waals surface area contributed by atoms with Crippen molar-refractivity contribution in [3.05, 3.63) is 12.4 Å². The largest absolute Gasteiger partial charge is 0.498 e. The molecular weight excluding hydrogens is 511 g/mol. The van der Waals surface area contributed by atoms with E-state index >= 15 is 0 Å². The number of nitrogens with zero attached hydrogens (tertiary/aromatic N) is 3. The molecule has 2 amide bonds. The Labute approximate surface area is 226 Å². The summed E-state index contributed by atoms with van der Waals surface area (Å²) in [5.41, 5.74) is -1.12. The third kappa shape index (κ3) is 7.44. The Morgan fingerprint density at radius 3 is 2.16 bits per heavy atom. The van der Waals surface area contributed by atoms with Gasteiger partial charge in [0.05, 0.1) is 17.0 Å². The molecule has 2 saturated heterocycles. The summed E-state index contributed by atoms with van der Waals surface area (Å²) < 4.78 is 42.9. The zero-order valence-corrected chi connectivity index (χ0v) is 24.6. The summed E-state index contributed by atoms with van der Waals surface area (Å²) in [5.74, 6) is -0.0951. The number of likely N-dealkylation sites (tertiary alicyclic amines) is 1. The molecule has 0 spiro atoms. The molecule has 0 aromatic carbocycles. The lowest BCUT2D eigenvalue weighted by Crippen LogP contribution is -2.50. The molecule has 3 heterocycles. The summed E-state index contributed by atoms with van der Waals surface area (Å²) in [6, 6.07) is -0.709. The first kappa shape index (κ1) is 30.3. The monoisotopic (exact) mass is 552 g/mol. The van der Waals surface area contributed by atoms with Gasteiger partial charge in [0.15, 0.2) is 0 Å². The quantitative estimate of drug-likeness (QED) is 0.398. The van der Waals surface area contributed by atoms with E-state index in [2.05, 4.69) is 15.3 Å². The molecule has 0 unspecified atom stereocenters. The highest BCUT2D eigenvalue weighted by atomic mass is 32.2. The second-order valence-electron chi connectivity index (χ2n) is 12.1. The van der Waals surface area contributed by atoms with Crippen LogP contribution >= 0.6 is 0 Å². The highest BCUT2D eigenvalue weighted by Gasteiger charge is 2.52. The number of carbonyl (C=O) groups excluding carboxylic acids is 2. The third-order valence-corrected chi connectivity index (χ3v) is 8.82. The van der Waals surface area contributed by atoms with E-state index in [0.717, 1.165) is 0 Å². The topological polar surface area (TPSA) is 137 Å². The van der Waals surface area contributed by atoms with Crippen molar-refractivity contribution in [3.63, 3.8) is 0 Å². The molecule has 38 heavy (non-hydrogen) atoms. The number of hydrogen-bond acceptors (Lipinski definition) is 9. The molecule has 11 nitrogen and oxygen atoms in total. The second-order valence-corrected chi connectivity index (χ2v) is 14.1. The van der Waals surface area contributed by atoms with Gasteiger partial charge in [0.2, 0.25) is 20.9 Å². The zero-order chi connectivity index (χ0) is 28.5. The first-order chi connectivity index (χ1) is 17.4. The Morgan fingerprint density at radius 1 is 1.13 bits per heavy atom. The van der Waals surface area contributed by atoms with Gasteiger partial charge in [0, 0.05) is 30.9 Å². The van der Waals surface area contributed by atoms with Crippen LogP contribution in [-0.4, -0.2) is 84.1 Å². The predicted octanol–water partition coefficient (Wildman–Crippen LogP) is 2.09. The van der Waals surface area contributed by atoms with Gasteiger partial charge in [0.1, 0.15) is 11.6 Å². The van der Waals surface area contributed by atoms with Gasteiger partial charge in [-0.1, -0.05) is 0 Å². The predicted molar refractivity (Wildman–Crippen MR) is 143 cm³/mol. The summed E-state index contributed by atoms with van der Waals surface area (Å²) >= 11 is 0. The highest BCUT2D eigenvalue weighted by molar-refractivity contribution is 7.91. The molecule has 1 N–H and O–H groups in total. The molecule has 212 valence electrons. The first-order valence-corrected chi connectivity index (χ1v) is 14.7. The summed E-state index contributed by atoms with van der Waals surface area (Å²) in [6.45, 7) is 15.7. The number of hydrogen-bond donors (Lipinski definition) is 1. The van der Waals surface area contributed by atoms with Crippen molar-refractivity contribution in [2.75, 3.05) is 18.8 Å². The van der Waals surface area contributed by atoms with Gasteiger partial charge >= 0.3 is 13.2 Å². The summed E-state index contributed by atoms with van der Waals surface area (Å²) in [7, 11) is -4.32. The van der Waals surface area contributed by atoms with Crippen LogP contribution in [0, 0.1) is 5.92 Å². The molecule has 13 heteroatoms. The molecule has 2 fully saturated rings. The average molecular weight is 553 g/mol. The minimum Gasteiger partial charge on any atom is -0.444 e. The number of carbonyl (C=O) groups is 2. The van der Waals surface area contributed by atoms with Gasteiger partial charge in [-0.05, 0) is 80.6 Å². The first-order valence-electron chi connectivity index (χ1n) is 13.1. The van der Waals surface area contributed by atoms with Crippen molar-refractivity contribution in [2.45, 2.75) is 103 Å². The SMILES string of the molecule is C[C@H](NC(=O)OC(C)(C)C)C(=O)N1CCC(CCS(=O)(=O)c2ncc(B3OC(C)(C)C(C)(C)O3)cn2)CC1. The van der Waals surface area contributed by atoms with Gasteiger partial charge in [-0.3, -0.25) is 4.79 Å². The highest BCUT2D eigenvalue weighted by Crippen LogP contribution is 2.36. The van der Waals surface area contributed by atoms with Gasteiger partial charge in [0.25, 0.3) is 0 Å². The Morgan fingerprint density at radius 2 is 1.66 bits per heavy atom. The molecule has 0 radical (unpaired) electrons. The van der Waals surface area contributed by atoms with Crippen molar-refractivity contribution in [3.8, 4) is 0 Å². The van der Waals surface area contributed by atoms with Gasteiger partial charge in [-0.15, -0.1) is 0 Å². The van der Waals surface area contributed by atoms with Gasteiger partial charge in [-0.25, -0.2) is 23.2 Å². The van der Waals surface area contributed by atoms with Crippen molar-refractivity contribution >= 4 is 34.4 Å². The van der Waals surface area contributed by atoms with Crippen molar-refractivity contribution in [2.24, 2.45) is 5.92 Å². The van der Waals surface area contributed by atoms with E-state index in [9.17, 15) is 18.0 Å². The Hall–Kier alpha value is -2.25. The van der Waals surface area contributed by atoms with E-state index in [1.165, 1.54) is 12.4 Å². The number of sulfone groups is 1. The summed E-state index contributed by atoms with van der Waals surface area (Å²) in [5, 5.41) is 2.36. The third-order valence-electron chi connectivity index (χ3n) is 7.28. The van der Waals surface area contributed by atoms with Crippen LogP contribution in [0.15, 0.2) is 17.6 Å². The molecule has 2 aliphatic heterocycles. The molecule has 0 saturated carbocycles. The number of nitrogens with one attached hydrogen (secondary N) is 1. The van der Waals surface area contributed by atoms with Crippen molar-refractivity contribution < 1.29 is 32.1 Å². The lowest BCUT2D eigenvalue weighted by Gasteiger charge is -2.33. The van der Waals surface area contributed by atoms with Gasteiger partial charge in [-0.2, -0.15) is 0 Å². The Balaban J connectivity index is 1.47. The number of ether oxygens (including phenoxy) is 1. The zero-order valence-electron chi connectivity index (χ0n) is 23.7. The van der Waals surface area contributed by atoms with E-state index < -0.39 is 45.9 Å². The number of aromatic nitrogens is 2. The fraction of sp³-hybridized carbons (Fsp3) is 0.760. The maximum Gasteiger partial charge on any atom is 0.498 e. The lowest BCUT2D eigenvalue weighted by atomic mass is 9.81.